The van der Waals surface area contributed by atoms with Crippen molar-refractivity contribution >= 4 is 5.91 Å². The molecule has 3 atom stereocenters. The number of aliphatic hydroxyl groups is 2. The van der Waals surface area contributed by atoms with Crippen LogP contribution in [0.25, 0.3) is 0 Å². The van der Waals surface area contributed by atoms with Gasteiger partial charge in [-0.25, -0.2) is 4.39 Å². The number of carbonyl (C=O) groups excluding carboxylic acids is 1. The number of hydrogen-bond acceptors (Lipinski definition) is 4. The quantitative estimate of drug-likeness (QED) is 0.740. The van der Waals surface area contributed by atoms with E-state index < -0.39 is 12.2 Å². The summed E-state index contributed by atoms with van der Waals surface area (Å²) in [7, 11) is 0. The minimum Gasteiger partial charge on any atom is -0.390 e. The maximum atomic E-state index is 13.0. The van der Waals surface area contributed by atoms with Gasteiger partial charge >= 0.3 is 0 Å². The van der Waals surface area contributed by atoms with Gasteiger partial charge in [0.2, 0.25) is 5.91 Å². The van der Waals surface area contributed by atoms with Crippen LogP contribution in [-0.4, -0.2) is 48.1 Å². The maximum Gasteiger partial charge on any atom is 0.224 e. The predicted molar refractivity (Wildman–Crippen MR) is 74.2 cm³/mol. The first-order chi connectivity index (χ1) is 9.97. The van der Waals surface area contributed by atoms with E-state index in [-0.39, 0.29) is 37.2 Å². The number of halogens is 1. The zero-order chi connectivity index (χ0) is 15.4. The lowest BCUT2D eigenvalue weighted by Gasteiger charge is -2.31. The van der Waals surface area contributed by atoms with Crippen LogP contribution in [0.15, 0.2) is 18.2 Å². The summed E-state index contributed by atoms with van der Waals surface area (Å²) in [6.07, 6.45) is -1.66. The van der Waals surface area contributed by atoms with Gasteiger partial charge in [0.25, 0.3) is 0 Å². The molecule has 0 spiro atoms. The van der Waals surface area contributed by atoms with Gasteiger partial charge in [-0.3, -0.25) is 4.79 Å². The zero-order valence-electron chi connectivity index (χ0n) is 11.9. The molecule has 0 aromatic heterocycles. The Kier molecular flexibility index (Phi) is 5.27. The molecule has 0 unspecified atom stereocenters. The van der Waals surface area contributed by atoms with E-state index in [2.05, 4.69) is 5.32 Å². The van der Waals surface area contributed by atoms with Gasteiger partial charge < -0.3 is 20.3 Å². The molecule has 5 nitrogen and oxygen atoms in total. The van der Waals surface area contributed by atoms with Gasteiger partial charge in [-0.2, -0.15) is 0 Å². The summed E-state index contributed by atoms with van der Waals surface area (Å²) in [6.45, 7) is 2.40. The number of carbonyl (C=O) groups is 1. The molecule has 0 bridgehead atoms. The smallest absolute Gasteiger partial charge is 0.224 e. The number of nitrogens with one attached hydrogen (secondary N) is 1. The van der Waals surface area contributed by atoms with E-state index in [1.807, 2.05) is 0 Å². The molecule has 116 valence electrons. The second kappa shape index (κ2) is 6.98. The summed E-state index contributed by atoms with van der Waals surface area (Å²) >= 11 is 0. The number of hydrogen-bond donors (Lipinski definition) is 3. The Morgan fingerprint density at radius 1 is 1.43 bits per heavy atom. The minimum atomic E-state index is -0.917. The predicted octanol–water partition coefficient (Wildman–Crippen LogP) is 0.161. The van der Waals surface area contributed by atoms with Crippen LogP contribution in [0.4, 0.5) is 4.39 Å². The van der Waals surface area contributed by atoms with Crippen molar-refractivity contribution in [1.29, 1.82) is 0 Å². The van der Waals surface area contributed by atoms with Gasteiger partial charge in [-0.15, -0.1) is 0 Å². The first-order valence-corrected chi connectivity index (χ1v) is 6.93. The van der Waals surface area contributed by atoms with Crippen molar-refractivity contribution < 1.29 is 24.1 Å². The third kappa shape index (κ3) is 4.23. The van der Waals surface area contributed by atoms with Crippen LogP contribution in [0.2, 0.25) is 0 Å². The van der Waals surface area contributed by atoms with Crippen LogP contribution in [0.1, 0.15) is 11.1 Å². The van der Waals surface area contributed by atoms with Gasteiger partial charge in [-0.05, 0) is 30.2 Å². The van der Waals surface area contributed by atoms with Crippen molar-refractivity contribution in [1.82, 2.24) is 5.32 Å². The molecule has 1 aliphatic heterocycles. The summed E-state index contributed by atoms with van der Waals surface area (Å²) in [5, 5.41) is 22.0. The molecule has 0 aliphatic carbocycles. The van der Waals surface area contributed by atoms with Crippen molar-refractivity contribution in [2.75, 3.05) is 19.8 Å². The molecule has 1 fully saturated rings. The van der Waals surface area contributed by atoms with Crippen molar-refractivity contribution in [3.05, 3.63) is 35.1 Å². The van der Waals surface area contributed by atoms with E-state index in [1.165, 1.54) is 12.1 Å². The minimum absolute atomic E-state index is 0.111. The topological polar surface area (TPSA) is 78.8 Å². The lowest BCUT2D eigenvalue weighted by molar-refractivity contribution is -0.127. The van der Waals surface area contributed by atoms with Crippen LogP contribution in [-0.2, 0) is 16.0 Å². The van der Waals surface area contributed by atoms with Gasteiger partial charge in [-0.1, -0.05) is 6.07 Å². The highest BCUT2D eigenvalue weighted by Crippen LogP contribution is 2.15. The average molecular weight is 297 g/mol. The van der Waals surface area contributed by atoms with Gasteiger partial charge in [0.15, 0.2) is 0 Å². The van der Waals surface area contributed by atoms with Gasteiger partial charge in [0.05, 0.1) is 25.7 Å². The summed E-state index contributed by atoms with van der Waals surface area (Å²) in [6, 6.07) is 4.30. The first-order valence-electron chi connectivity index (χ1n) is 6.93. The van der Waals surface area contributed by atoms with Crippen LogP contribution in [0.5, 0.6) is 0 Å². The van der Waals surface area contributed by atoms with E-state index in [0.717, 1.165) is 11.1 Å². The Bertz CT molecular complexity index is 508. The standard InChI is InChI=1S/C15H20FNO4/c1-9-4-12(16)3-2-10(9)5-14(19)17-6-11-7-21-8-13(18)15(11)20/h2-4,11,13,15,18,20H,5-8H2,1H3,(H,17,19)/t11-,13-,15+/m1/s1. The summed E-state index contributed by atoms with van der Waals surface area (Å²) < 4.78 is 18.1. The molecule has 6 heteroatoms. The van der Waals surface area contributed by atoms with Crippen molar-refractivity contribution in [2.24, 2.45) is 5.92 Å². The maximum absolute atomic E-state index is 13.0. The summed E-state index contributed by atoms with van der Waals surface area (Å²) in [5.41, 5.74) is 1.48. The first kappa shape index (κ1) is 15.9. The number of aryl methyl sites for hydroxylation is 1. The van der Waals surface area contributed by atoms with E-state index in [4.69, 9.17) is 4.74 Å². The van der Waals surface area contributed by atoms with Crippen LogP contribution in [0, 0.1) is 18.7 Å². The Labute approximate surface area is 122 Å². The van der Waals surface area contributed by atoms with E-state index >= 15 is 0 Å². The zero-order valence-corrected chi connectivity index (χ0v) is 11.9. The molecule has 21 heavy (non-hydrogen) atoms. The fourth-order valence-electron chi connectivity index (χ4n) is 2.37. The van der Waals surface area contributed by atoms with Crippen molar-refractivity contribution in [3.63, 3.8) is 0 Å². The molecule has 1 saturated heterocycles. The normalized spacial score (nSPS) is 25.6. The largest absolute Gasteiger partial charge is 0.390 e. The lowest BCUT2D eigenvalue weighted by Crippen LogP contribution is -2.48. The molecule has 0 saturated carbocycles. The van der Waals surface area contributed by atoms with E-state index in [0.29, 0.717) is 6.61 Å². The molecule has 1 aliphatic rings. The van der Waals surface area contributed by atoms with E-state index in [1.54, 1.807) is 13.0 Å². The van der Waals surface area contributed by atoms with Gasteiger partial charge in [0.1, 0.15) is 11.9 Å². The Morgan fingerprint density at radius 2 is 2.19 bits per heavy atom. The molecule has 1 amide bonds. The van der Waals surface area contributed by atoms with Crippen LogP contribution < -0.4 is 5.32 Å². The third-order valence-corrected chi connectivity index (χ3v) is 3.71. The number of rotatable bonds is 4. The number of aliphatic hydroxyl groups excluding tert-OH is 2. The van der Waals surface area contributed by atoms with Crippen LogP contribution >= 0.6 is 0 Å². The Morgan fingerprint density at radius 3 is 2.90 bits per heavy atom. The fraction of sp³-hybridized carbons (Fsp3) is 0.533. The molecular weight excluding hydrogens is 277 g/mol. The molecule has 2 rings (SSSR count). The molecule has 0 radical (unpaired) electrons. The second-order valence-corrected chi connectivity index (χ2v) is 5.41. The molecular formula is C15H20FNO4. The fourth-order valence-corrected chi connectivity index (χ4v) is 2.37. The number of ether oxygens (including phenoxy) is 1. The molecule has 3 N–H and O–H groups in total. The van der Waals surface area contributed by atoms with Crippen molar-refractivity contribution in [2.45, 2.75) is 25.6 Å². The van der Waals surface area contributed by atoms with Gasteiger partial charge in [0, 0.05) is 12.5 Å². The molecule has 1 aromatic carbocycles. The highest BCUT2D eigenvalue weighted by molar-refractivity contribution is 5.78. The summed E-state index contributed by atoms with van der Waals surface area (Å²) in [4.78, 5) is 11.9. The second-order valence-electron chi connectivity index (χ2n) is 5.41. The molecule has 1 aromatic rings. The number of benzene rings is 1. The SMILES string of the molecule is Cc1cc(F)ccc1CC(=O)NC[C@@H]1COC[C@@H](O)[C@H]1O. The Balaban J connectivity index is 1.84. The monoisotopic (exact) mass is 297 g/mol. The number of amides is 1. The Hall–Kier alpha value is -1.50. The van der Waals surface area contributed by atoms with E-state index in [9.17, 15) is 19.4 Å². The highest BCUT2D eigenvalue weighted by Gasteiger charge is 2.31. The third-order valence-electron chi connectivity index (χ3n) is 3.71. The molecule has 1 heterocycles. The highest BCUT2D eigenvalue weighted by atomic mass is 19.1. The van der Waals surface area contributed by atoms with Crippen LogP contribution in [0.3, 0.4) is 0 Å². The average Bonchev–Trinajstić information content (AvgIpc) is 2.43. The lowest BCUT2D eigenvalue weighted by atomic mass is 9.96. The summed E-state index contributed by atoms with van der Waals surface area (Å²) in [5.74, 6) is -0.864. The van der Waals surface area contributed by atoms with Crippen molar-refractivity contribution in [3.8, 4) is 0 Å².